The minimum Gasteiger partial charge on any atom is -0.346 e. The van der Waals surface area contributed by atoms with Crippen LogP contribution in [0.25, 0.3) is 27.1 Å². The van der Waals surface area contributed by atoms with Gasteiger partial charge < -0.3 is 9.97 Å². The first kappa shape index (κ1) is 23.9. The second kappa shape index (κ2) is 8.64. The number of aromatic amines is 2. The number of aromatic nitrogens is 5. The Morgan fingerprint density at radius 3 is 2.68 bits per heavy atom. The topological polar surface area (TPSA) is 82.1 Å². The summed E-state index contributed by atoms with van der Waals surface area (Å²) < 4.78 is 1.90. The highest BCUT2D eigenvalue weighted by Gasteiger charge is 2.46. The van der Waals surface area contributed by atoms with Gasteiger partial charge in [-0.2, -0.15) is 5.10 Å². The van der Waals surface area contributed by atoms with Gasteiger partial charge >= 0.3 is 0 Å². The molecule has 2 N–H and O–H groups in total. The van der Waals surface area contributed by atoms with E-state index in [9.17, 15) is 4.79 Å². The summed E-state index contributed by atoms with van der Waals surface area (Å²) in [5.74, 6) is 1.70. The van der Waals surface area contributed by atoms with Crippen LogP contribution in [0, 0.1) is 26.7 Å². The molecule has 196 valence electrons. The van der Waals surface area contributed by atoms with Crippen LogP contribution in [0.2, 0.25) is 0 Å². The number of rotatable bonds is 5. The van der Waals surface area contributed by atoms with Crippen LogP contribution in [0.3, 0.4) is 0 Å². The zero-order valence-corrected chi connectivity index (χ0v) is 23.4. The number of fused-ring (bicyclic) bond motifs is 4. The van der Waals surface area contributed by atoms with E-state index in [1.807, 2.05) is 28.0 Å². The van der Waals surface area contributed by atoms with Crippen LogP contribution in [0.1, 0.15) is 71.3 Å². The predicted octanol–water partition coefficient (Wildman–Crippen LogP) is 6.05. The number of H-pyrrole nitrogens is 2. The van der Waals surface area contributed by atoms with Crippen LogP contribution < -0.4 is 5.56 Å². The maximum absolute atomic E-state index is 11.7. The van der Waals surface area contributed by atoms with E-state index in [1.165, 1.54) is 56.6 Å². The molecule has 1 saturated heterocycles. The highest BCUT2D eigenvalue weighted by atomic mass is 32.1. The van der Waals surface area contributed by atoms with Gasteiger partial charge in [0.05, 0.1) is 5.69 Å². The molecule has 3 atom stereocenters. The van der Waals surface area contributed by atoms with E-state index in [1.54, 1.807) is 17.3 Å². The van der Waals surface area contributed by atoms with Gasteiger partial charge in [-0.15, -0.1) is 11.3 Å². The SMILES string of the molecule is Cc1c(-c2[nH]c3sc([C@@H]4CC5C[C@H]4CN5Cc4cccc(=O)[nH]4)c(C)c3c2C(C)C)cn2ncnc2c1C. The van der Waals surface area contributed by atoms with Gasteiger partial charge in [0.25, 0.3) is 0 Å². The molecular formula is C30H34N6OS. The minimum atomic E-state index is -0.0131. The lowest BCUT2D eigenvalue weighted by Gasteiger charge is -2.31. The first-order chi connectivity index (χ1) is 18.3. The monoisotopic (exact) mass is 526 g/mol. The predicted molar refractivity (Wildman–Crippen MR) is 153 cm³/mol. The van der Waals surface area contributed by atoms with Crippen molar-refractivity contribution in [1.29, 1.82) is 0 Å². The standard InChI is InChI=1S/C30H34N6OS/c1-15(2)25-26-18(5)28(22-10-21-9-19(22)11-35(21)12-20-7-6-8-24(37)33-20)38-30(26)34-27(25)23-13-36-29(31-14-32-36)17(4)16(23)3/h6-8,13-15,19,21-22,34H,9-12H2,1-5H3,(H,33,37)/t19-,21?,22+/m0/s1. The molecule has 0 spiro atoms. The van der Waals surface area contributed by atoms with Gasteiger partial charge in [-0.1, -0.05) is 19.9 Å². The fourth-order valence-corrected chi connectivity index (χ4v) is 8.64. The van der Waals surface area contributed by atoms with E-state index in [2.05, 4.69) is 65.8 Å². The molecule has 0 amide bonds. The summed E-state index contributed by atoms with van der Waals surface area (Å²) in [6.45, 7) is 13.2. The zero-order chi connectivity index (χ0) is 26.3. The third-order valence-electron chi connectivity index (χ3n) is 9.13. The van der Waals surface area contributed by atoms with Crippen molar-refractivity contribution in [3.8, 4) is 11.3 Å². The van der Waals surface area contributed by atoms with E-state index < -0.39 is 0 Å². The molecule has 38 heavy (non-hydrogen) atoms. The molecule has 2 bridgehead atoms. The van der Waals surface area contributed by atoms with E-state index in [-0.39, 0.29) is 5.56 Å². The number of likely N-dealkylation sites (tertiary alicyclic amines) is 1. The second-order valence-corrected chi connectivity index (χ2v) is 12.7. The number of aryl methyl sites for hydroxylation is 2. The average molecular weight is 527 g/mol. The van der Waals surface area contributed by atoms with E-state index in [4.69, 9.17) is 0 Å². The maximum atomic E-state index is 11.7. The molecule has 1 unspecified atom stereocenters. The molecule has 7 nitrogen and oxygen atoms in total. The Labute approximate surface area is 225 Å². The number of hydrogen-bond acceptors (Lipinski definition) is 5. The number of nitrogens with one attached hydrogen (secondary N) is 2. The van der Waals surface area contributed by atoms with Crippen molar-refractivity contribution in [2.24, 2.45) is 5.92 Å². The van der Waals surface area contributed by atoms with Gasteiger partial charge in [-0.05, 0) is 79.7 Å². The largest absolute Gasteiger partial charge is 0.346 e. The van der Waals surface area contributed by atoms with Crippen molar-refractivity contribution in [3.05, 3.63) is 73.9 Å². The number of nitrogens with zero attached hydrogens (tertiary/aromatic N) is 4. The molecule has 6 heterocycles. The van der Waals surface area contributed by atoms with Crippen LogP contribution >= 0.6 is 11.3 Å². The molecule has 7 rings (SSSR count). The Morgan fingerprint density at radius 1 is 1.11 bits per heavy atom. The molecule has 0 aromatic carbocycles. The molecule has 2 fully saturated rings. The lowest BCUT2D eigenvalue weighted by Crippen LogP contribution is -2.34. The van der Waals surface area contributed by atoms with E-state index in [0.717, 1.165) is 24.4 Å². The Balaban J connectivity index is 1.23. The highest BCUT2D eigenvalue weighted by molar-refractivity contribution is 7.19. The Bertz CT molecular complexity index is 1750. The van der Waals surface area contributed by atoms with Crippen molar-refractivity contribution in [2.45, 2.75) is 71.9 Å². The van der Waals surface area contributed by atoms with Crippen molar-refractivity contribution < 1.29 is 0 Å². The normalized spacial score (nSPS) is 21.6. The summed E-state index contributed by atoms with van der Waals surface area (Å²) in [4.78, 5) is 28.5. The summed E-state index contributed by atoms with van der Waals surface area (Å²) >= 11 is 1.97. The second-order valence-electron chi connectivity index (χ2n) is 11.6. The quantitative estimate of drug-likeness (QED) is 0.292. The molecule has 5 aromatic rings. The zero-order valence-electron chi connectivity index (χ0n) is 22.6. The molecular weight excluding hydrogens is 492 g/mol. The Kier molecular flexibility index (Phi) is 5.43. The molecule has 0 radical (unpaired) electrons. The van der Waals surface area contributed by atoms with Crippen molar-refractivity contribution >= 4 is 27.2 Å². The average Bonchev–Trinajstić information content (AvgIpc) is 3.68. The molecule has 1 saturated carbocycles. The molecule has 1 aliphatic heterocycles. The molecule has 1 aliphatic carbocycles. The number of hydrogen-bond donors (Lipinski definition) is 2. The van der Waals surface area contributed by atoms with Crippen LogP contribution in [0.5, 0.6) is 0 Å². The summed E-state index contributed by atoms with van der Waals surface area (Å²) in [6, 6.07) is 6.07. The van der Waals surface area contributed by atoms with Gasteiger partial charge in [-0.3, -0.25) is 9.69 Å². The molecule has 5 aromatic heterocycles. The number of pyridine rings is 2. The highest BCUT2D eigenvalue weighted by Crippen LogP contribution is 2.53. The lowest BCUT2D eigenvalue weighted by atomic mass is 9.88. The number of piperidine rings is 1. The summed E-state index contributed by atoms with van der Waals surface area (Å²) in [7, 11) is 0. The smallest absolute Gasteiger partial charge is 0.248 e. The molecule has 8 heteroatoms. The number of thiophene rings is 1. The van der Waals surface area contributed by atoms with Gasteiger partial charge in [-0.25, -0.2) is 9.50 Å². The first-order valence-electron chi connectivity index (χ1n) is 13.7. The van der Waals surface area contributed by atoms with Crippen LogP contribution in [0.4, 0.5) is 0 Å². The summed E-state index contributed by atoms with van der Waals surface area (Å²) in [5, 5.41) is 5.86. The maximum Gasteiger partial charge on any atom is 0.248 e. The van der Waals surface area contributed by atoms with Gasteiger partial charge in [0.1, 0.15) is 11.2 Å². The third-order valence-corrected chi connectivity index (χ3v) is 10.5. The van der Waals surface area contributed by atoms with E-state index >= 15 is 0 Å². The fraction of sp³-hybridized carbons (Fsp3) is 0.433. The summed E-state index contributed by atoms with van der Waals surface area (Å²) in [5.41, 5.74) is 9.68. The van der Waals surface area contributed by atoms with Crippen molar-refractivity contribution in [3.63, 3.8) is 0 Å². The lowest BCUT2D eigenvalue weighted by molar-refractivity contribution is 0.190. The summed E-state index contributed by atoms with van der Waals surface area (Å²) in [6.07, 6.45) is 6.23. The minimum absolute atomic E-state index is 0.0131. The van der Waals surface area contributed by atoms with Crippen LogP contribution in [-0.4, -0.2) is 42.1 Å². The third kappa shape index (κ3) is 3.53. The van der Waals surface area contributed by atoms with Gasteiger partial charge in [0.15, 0.2) is 5.65 Å². The Morgan fingerprint density at radius 2 is 1.95 bits per heavy atom. The molecule has 2 aliphatic rings. The van der Waals surface area contributed by atoms with Crippen molar-refractivity contribution in [1.82, 2.24) is 29.5 Å². The first-order valence-corrected chi connectivity index (χ1v) is 14.5. The van der Waals surface area contributed by atoms with E-state index in [0.29, 0.717) is 23.8 Å². The van der Waals surface area contributed by atoms with Crippen LogP contribution in [0.15, 0.2) is 35.5 Å². The van der Waals surface area contributed by atoms with Crippen molar-refractivity contribution in [2.75, 3.05) is 6.54 Å². The van der Waals surface area contributed by atoms with Gasteiger partial charge in [0.2, 0.25) is 5.56 Å². The fourth-order valence-electron chi connectivity index (χ4n) is 7.21. The Hall–Kier alpha value is -3.23. The van der Waals surface area contributed by atoms with Gasteiger partial charge in [0, 0.05) is 52.9 Å². The van der Waals surface area contributed by atoms with Crippen LogP contribution in [-0.2, 0) is 6.54 Å².